The molecule has 6 heteroatoms. The molecule has 0 radical (unpaired) electrons. The Balaban J connectivity index is 2.46. The van der Waals surface area contributed by atoms with Crippen molar-refractivity contribution in [2.45, 2.75) is 0 Å². The van der Waals surface area contributed by atoms with E-state index in [9.17, 15) is 4.79 Å². The number of benzene rings is 1. The lowest BCUT2D eigenvalue weighted by Crippen LogP contribution is -2.15. The molecule has 1 heterocycles. The van der Waals surface area contributed by atoms with Gasteiger partial charge in [-0.05, 0) is 10.4 Å². The fraction of sp³-hybridized carbons (Fsp3) is 0.111. The highest BCUT2D eigenvalue weighted by atomic mass is 35.5. The highest BCUT2D eigenvalue weighted by Gasteiger charge is 2.13. The minimum Gasteiger partial charge on any atom is -0.271 e. The lowest BCUT2D eigenvalue weighted by atomic mass is 10.2. The van der Waals surface area contributed by atoms with Gasteiger partial charge in [-0.1, -0.05) is 30.3 Å². The van der Waals surface area contributed by atoms with E-state index < -0.39 is 0 Å². The number of hydrogen-bond donors (Lipinski definition) is 0. The summed E-state index contributed by atoms with van der Waals surface area (Å²) in [5.74, 6) is -0.0907. The summed E-state index contributed by atoms with van der Waals surface area (Å²) in [7, 11) is 0. The summed E-state index contributed by atoms with van der Waals surface area (Å²) in [6.45, 7) is 0. The van der Waals surface area contributed by atoms with Gasteiger partial charge < -0.3 is 0 Å². The van der Waals surface area contributed by atoms with Crippen LogP contribution in [0.15, 0.2) is 30.3 Å². The average molecular weight is 223 g/mol. The molecule has 1 aromatic carbocycles. The van der Waals surface area contributed by atoms with Gasteiger partial charge >= 0.3 is 0 Å². The summed E-state index contributed by atoms with van der Waals surface area (Å²) in [5, 5.41) is 10.8. The maximum absolute atomic E-state index is 11.4. The molecule has 0 spiro atoms. The fourth-order valence-corrected chi connectivity index (χ4v) is 1.29. The van der Waals surface area contributed by atoms with Crippen LogP contribution in [-0.4, -0.2) is 32.0 Å². The Bertz CT molecular complexity index is 468. The summed E-state index contributed by atoms with van der Waals surface area (Å²) in [4.78, 5) is 11.4. The Kier molecular flexibility index (Phi) is 2.73. The third kappa shape index (κ3) is 1.87. The van der Waals surface area contributed by atoms with Gasteiger partial charge in [-0.2, -0.15) is 4.68 Å². The molecule has 2 aromatic rings. The van der Waals surface area contributed by atoms with Crippen molar-refractivity contribution in [1.29, 1.82) is 0 Å². The lowest BCUT2D eigenvalue weighted by molar-refractivity contribution is 0.0925. The molecule has 5 nitrogen and oxygen atoms in total. The quantitative estimate of drug-likeness (QED) is 0.566. The van der Waals surface area contributed by atoms with Crippen LogP contribution in [0.4, 0.5) is 0 Å². The molecule has 0 saturated carbocycles. The second kappa shape index (κ2) is 4.18. The summed E-state index contributed by atoms with van der Waals surface area (Å²) in [5.41, 5.74) is 0.779. The van der Waals surface area contributed by atoms with Gasteiger partial charge in [-0.25, -0.2) is 0 Å². The molecule has 0 aliphatic heterocycles. The largest absolute Gasteiger partial charge is 0.271 e. The van der Waals surface area contributed by atoms with Crippen LogP contribution in [0.1, 0.15) is 4.79 Å². The maximum Gasteiger partial charge on any atom is 0.265 e. The monoisotopic (exact) mass is 222 g/mol. The summed E-state index contributed by atoms with van der Waals surface area (Å²) < 4.78 is 1.10. The minimum absolute atomic E-state index is 0.148. The van der Waals surface area contributed by atoms with E-state index in [0.717, 1.165) is 10.2 Å². The number of hydrogen-bond acceptors (Lipinski definition) is 4. The molecule has 76 valence electrons. The molecule has 0 aliphatic rings. The first kappa shape index (κ1) is 9.79. The Morgan fingerprint density at radius 2 is 2.07 bits per heavy atom. The Morgan fingerprint density at radius 1 is 1.33 bits per heavy atom. The van der Waals surface area contributed by atoms with Crippen molar-refractivity contribution in [1.82, 2.24) is 20.2 Å². The van der Waals surface area contributed by atoms with E-state index in [1.165, 1.54) is 0 Å². The van der Waals surface area contributed by atoms with E-state index in [1.54, 1.807) is 0 Å². The topological polar surface area (TPSA) is 60.7 Å². The second-order valence-corrected chi connectivity index (χ2v) is 3.07. The predicted octanol–water partition coefficient (Wildman–Crippen LogP) is 1.22. The zero-order valence-corrected chi connectivity index (χ0v) is 8.42. The van der Waals surface area contributed by atoms with Gasteiger partial charge in [0, 0.05) is 5.56 Å². The SMILES string of the molecule is O=C(CCl)n1nnnc1-c1ccccc1. The highest BCUT2D eigenvalue weighted by molar-refractivity contribution is 6.27. The van der Waals surface area contributed by atoms with Crippen LogP contribution in [0.2, 0.25) is 0 Å². The predicted molar refractivity (Wildman–Crippen MR) is 54.6 cm³/mol. The van der Waals surface area contributed by atoms with Crippen LogP contribution in [-0.2, 0) is 0 Å². The third-order valence-electron chi connectivity index (χ3n) is 1.85. The third-order valence-corrected chi connectivity index (χ3v) is 2.08. The van der Waals surface area contributed by atoms with Crippen molar-refractivity contribution >= 4 is 17.5 Å². The molecule has 1 aromatic heterocycles. The molecule has 0 unspecified atom stereocenters. The Morgan fingerprint density at radius 3 is 2.73 bits per heavy atom. The first-order valence-electron chi connectivity index (χ1n) is 4.26. The van der Waals surface area contributed by atoms with E-state index in [4.69, 9.17) is 11.6 Å². The lowest BCUT2D eigenvalue weighted by Gasteiger charge is -1.99. The molecule has 2 rings (SSSR count). The van der Waals surface area contributed by atoms with Crippen LogP contribution >= 0.6 is 11.6 Å². The highest BCUT2D eigenvalue weighted by Crippen LogP contribution is 2.14. The number of carbonyl (C=O) groups is 1. The van der Waals surface area contributed by atoms with Gasteiger partial charge in [0.25, 0.3) is 5.91 Å². The molecule has 0 atom stereocenters. The molecular formula is C9H7ClN4O. The first-order valence-corrected chi connectivity index (χ1v) is 4.79. The Hall–Kier alpha value is -1.75. The van der Waals surface area contributed by atoms with Gasteiger partial charge in [0.2, 0.25) is 0 Å². The van der Waals surface area contributed by atoms with E-state index in [0.29, 0.717) is 5.82 Å². The molecule has 15 heavy (non-hydrogen) atoms. The van der Waals surface area contributed by atoms with E-state index >= 15 is 0 Å². The number of nitrogens with zero attached hydrogens (tertiary/aromatic N) is 4. The summed E-state index contributed by atoms with van der Waals surface area (Å²) in [6.07, 6.45) is 0. The van der Waals surface area contributed by atoms with Crippen molar-refractivity contribution in [3.63, 3.8) is 0 Å². The molecule has 0 fully saturated rings. The Labute approximate surface area is 90.7 Å². The minimum atomic E-state index is -0.347. The van der Waals surface area contributed by atoms with Crippen LogP contribution in [0.3, 0.4) is 0 Å². The van der Waals surface area contributed by atoms with Crippen molar-refractivity contribution in [3.8, 4) is 11.4 Å². The van der Waals surface area contributed by atoms with Crippen LogP contribution in [0.5, 0.6) is 0 Å². The number of carbonyl (C=O) groups excluding carboxylic acids is 1. The van der Waals surface area contributed by atoms with Gasteiger partial charge in [-0.15, -0.1) is 16.7 Å². The van der Waals surface area contributed by atoms with E-state index in [-0.39, 0.29) is 11.8 Å². The number of halogens is 1. The zero-order valence-electron chi connectivity index (χ0n) is 7.67. The molecule has 0 saturated heterocycles. The van der Waals surface area contributed by atoms with Crippen LogP contribution in [0, 0.1) is 0 Å². The fourth-order valence-electron chi connectivity index (χ4n) is 1.18. The number of alkyl halides is 1. The van der Waals surface area contributed by atoms with Crippen molar-refractivity contribution < 1.29 is 4.79 Å². The van der Waals surface area contributed by atoms with Crippen LogP contribution < -0.4 is 0 Å². The number of rotatable bonds is 2. The summed E-state index contributed by atoms with van der Waals surface area (Å²) >= 11 is 5.44. The standard InChI is InChI=1S/C9H7ClN4O/c10-6-8(15)14-9(11-12-13-14)7-4-2-1-3-5-7/h1-5H,6H2. The molecule has 0 amide bonds. The van der Waals surface area contributed by atoms with Gasteiger partial charge in [0.15, 0.2) is 5.82 Å². The van der Waals surface area contributed by atoms with Gasteiger partial charge in [0.05, 0.1) is 0 Å². The normalized spacial score (nSPS) is 10.2. The van der Waals surface area contributed by atoms with E-state index in [2.05, 4.69) is 15.5 Å². The van der Waals surface area contributed by atoms with Crippen molar-refractivity contribution in [3.05, 3.63) is 30.3 Å². The average Bonchev–Trinajstić information content (AvgIpc) is 2.78. The van der Waals surface area contributed by atoms with Gasteiger partial charge in [0.1, 0.15) is 5.88 Å². The van der Waals surface area contributed by atoms with Gasteiger partial charge in [-0.3, -0.25) is 4.79 Å². The smallest absolute Gasteiger partial charge is 0.265 e. The second-order valence-electron chi connectivity index (χ2n) is 2.81. The van der Waals surface area contributed by atoms with E-state index in [1.807, 2.05) is 30.3 Å². The maximum atomic E-state index is 11.4. The molecule has 0 N–H and O–H groups in total. The summed E-state index contributed by atoms with van der Waals surface area (Å²) in [6, 6.07) is 9.22. The zero-order chi connectivity index (χ0) is 10.7. The molecule has 0 aliphatic carbocycles. The van der Waals surface area contributed by atoms with Crippen LogP contribution in [0.25, 0.3) is 11.4 Å². The number of aromatic nitrogens is 4. The van der Waals surface area contributed by atoms with Crippen molar-refractivity contribution in [2.75, 3.05) is 5.88 Å². The number of tetrazole rings is 1. The molecular weight excluding hydrogens is 216 g/mol. The first-order chi connectivity index (χ1) is 7.33. The van der Waals surface area contributed by atoms with Crippen molar-refractivity contribution in [2.24, 2.45) is 0 Å². The molecule has 0 bridgehead atoms.